The summed E-state index contributed by atoms with van der Waals surface area (Å²) < 4.78 is 63.7. The van der Waals surface area contributed by atoms with Crippen LogP contribution in [0, 0.1) is 3.57 Å². The Morgan fingerprint density at radius 1 is 1.04 bits per heavy atom. The fourth-order valence-electron chi connectivity index (χ4n) is 2.94. The van der Waals surface area contributed by atoms with E-state index in [1.807, 2.05) is 12.4 Å². The third-order valence-electron chi connectivity index (χ3n) is 4.47. The number of hydrogen-bond acceptors (Lipinski definition) is 1. The molecule has 2 aromatic rings. The molecule has 3 N–H and O–H groups in total. The molecule has 0 amide bonds. The first-order chi connectivity index (χ1) is 13.1. The van der Waals surface area contributed by atoms with E-state index in [0.717, 1.165) is 18.5 Å². The summed E-state index contributed by atoms with van der Waals surface area (Å²) in [5.41, 5.74) is 0.615. The number of alkyl halides is 5. The van der Waals surface area contributed by atoms with Crippen molar-refractivity contribution in [2.45, 2.75) is 35.9 Å². The number of aliphatic hydroxyl groups is 1. The van der Waals surface area contributed by atoms with Gasteiger partial charge in [-0.3, -0.25) is 0 Å². The minimum atomic E-state index is -4.65. The molecular weight excluding hydrogens is 489 g/mol. The van der Waals surface area contributed by atoms with Crippen molar-refractivity contribution in [3.05, 3.63) is 63.2 Å². The molecule has 0 saturated carbocycles. The molecule has 28 heavy (non-hydrogen) atoms. The van der Waals surface area contributed by atoms with Crippen LogP contribution in [0.15, 0.2) is 48.5 Å². The molecule has 3 nitrogen and oxygen atoms in total. The van der Waals surface area contributed by atoms with Crippen molar-refractivity contribution in [2.24, 2.45) is 0 Å². The fraction of sp³-hybridized carbons (Fsp3) is 0.400. The molecule has 1 aliphatic rings. The van der Waals surface area contributed by atoms with Crippen LogP contribution < -0.4 is 10.1 Å². The van der Waals surface area contributed by atoms with E-state index in [1.54, 1.807) is 44.2 Å². The number of hydrogen-bond donors (Lipinski definition) is 1. The van der Waals surface area contributed by atoms with Crippen LogP contribution in [0.1, 0.15) is 25.0 Å². The SMILES string of the molecule is C[NH2+]CCc1ccc(OC(F)(F)C(F)(F)I2[OH+]C(C)(C)c3ccccc32)cc1. The van der Waals surface area contributed by atoms with E-state index in [4.69, 9.17) is 0 Å². The molecule has 0 bridgehead atoms. The van der Waals surface area contributed by atoms with Gasteiger partial charge in [-0.05, 0) is 0 Å². The van der Waals surface area contributed by atoms with Crippen molar-refractivity contribution in [3.8, 4) is 5.75 Å². The number of nitrogens with two attached hydrogens (primary N) is 1. The predicted octanol–water partition coefficient (Wildman–Crippen LogP) is 4.05. The summed E-state index contributed by atoms with van der Waals surface area (Å²) >= 11 is -3.91. The second-order valence-electron chi connectivity index (χ2n) is 7.09. The van der Waals surface area contributed by atoms with Gasteiger partial charge in [0, 0.05) is 0 Å². The van der Waals surface area contributed by atoms with Crippen LogP contribution in [-0.4, -0.2) is 26.7 Å². The standard InChI is InChI=1S/C20H22F4INO2/c1-18(2)16-6-4-5-7-17(16)25(28-18)19(21,22)20(23,24)27-15-10-8-14(9-11-15)12-13-26-3/h4-11,26H,12-13H2,1-3H3/p+2. The minimum absolute atomic E-state index is 0.260. The Kier molecular flexibility index (Phi) is 5.94. The maximum absolute atomic E-state index is 15.0. The van der Waals surface area contributed by atoms with Crippen LogP contribution in [-0.2, 0) is 12.0 Å². The Bertz CT molecular complexity index is 827. The summed E-state index contributed by atoms with van der Waals surface area (Å²) in [6.45, 7) is 4.19. The molecule has 3 rings (SSSR count). The second-order valence-corrected chi connectivity index (χ2v) is 11.6. The molecule has 0 atom stereocenters. The van der Waals surface area contributed by atoms with Crippen LogP contribution in [0.4, 0.5) is 17.6 Å². The van der Waals surface area contributed by atoms with E-state index in [1.165, 1.54) is 18.2 Å². The van der Waals surface area contributed by atoms with Crippen LogP contribution >= 0.6 is 20.2 Å². The van der Waals surface area contributed by atoms with E-state index >= 15 is 0 Å². The quantitative estimate of drug-likeness (QED) is 0.258. The summed E-state index contributed by atoms with van der Waals surface area (Å²) in [4.78, 5) is 0. The van der Waals surface area contributed by atoms with E-state index in [0.29, 0.717) is 5.56 Å². The molecule has 1 heterocycles. The van der Waals surface area contributed by atoms with Crippen molar-refractivity contribution in [2.75, 3.05) is 13.6 Å². The van der Waals surface area contributed by atoms with Crippen LogP contribution in [0.3, 0.4) is 0 Å². The van der Waals surface area contributed by atoms with Crippen molar-refractivity contribution in [1.29, 1.82) is 0 Å². The molecule has 0 aromatic heterocycles. The zero-order valence-electron chi connectivity index (χ0n) is 15.9. The van der Waals surface area contributed by atoms with Gasteiger partial charge in [-0.25, -0.2) is 0 Å². The van der Waals surface area contributed by atoms with Gasteiger partial charge in [0.05, 0.1) is 0 Å². The molecule has 0 aliphatic carbocycles. The van der Waals surface area contributed by atoms with E-state index in [-0.39, 0.29) is 9.32 Å². The molecule has 0 unspecified atom stereocenters. The third kappa shape index (κ3) is 3.99. The summed E-state index contributed by atoms with van der Waals surface area (Å²) in [5.74, 6) is -0.281. The van der Waals surface area contributed by atoms with E-state index < -0.39 is 35.9 Å². The summed E-state index contributed by atoms with van der Waals surface area (Å²) in [6.07, 6.45) is -3.89. The molecule has 8 heteroatoms. The molecule has 0 spiro atoms. The van der Waals surface area contributed by atoms with Crippen molar-refractivity contribution < 1.29 is 30.7 Å². The number of halogens is 5. The molecule has 0 radical (unpaired) electrons. The number of benzene rings is 2. The van der Waals surface area contributed by atoms with Gasteiger partial charge >= 0.3 is 169 Å². The van der Waals surface area contributed by atoms with Crippen LogP contribution in [0.5, 0.6) is 5.75 Å². The van der Waals surface area contributed by atoms with E-state index in [2.05, 4.69) is 7.80 Å². The fourth-order valence-corrected chi connectivity index (χ4v) is 8.34. The van der Waals surface area contributed by atoms with Gasteiger partial charge in [0.15, 0.2) is 0 Å². The monoisotopic (exact) mass is 513 g/mol. The van der Waals surface area contributed by atoms with Gasteiger partial charge < -0.3 is 0 Å². The van der Waals surface area contributed by atoms with Gasteiger partial charge in [0.2, 0.25) is 0 Å². The average Bonchev–Trinajstić information content (AvgIpc) is 2.93. The first kappa shape index (κ1) is 21.3. The molecular formula is C20H24F4INO2+2. The van der Waals surface area contributed by atoms with Crippen molar-refractivity contribution in [1.82, 2.24) is 0 Å². The first-order valence-corrected chi connectivity index (χ1v) is 12.0. The van der Waals surface area contributed by atoms with Crippen molar-refractivity contribution in [3.63, 3.8) is 0 Å². The van der Waals surface area contributed by atoms with Gasteiger partial charge in [0.25, 0.3) is 0 Å². The number of rotatable bonds is 7. The zero-order chi connectivity index (χ0) is 20.6. The number of ether oxygens (including phenoxy) is 1. The van der Waals surface area contributed by atoms with Crippen LogP contribution in [0.2, 0.25) is 0 Å². The van der Waals surface area contributed by atoms with Gasteiger partial charge in [-0.1, -0.05) is 0 Å². The number of likely N-dealkylation sites (N-methyl/N-ethyl adjacent to an activating group) is 1. The zero-order valence-corrected chi connectivity index (χ0v) is 18.0. The molecule has 1 aliphatic heterocycles. The number of fused-ring (bicyclic) bond motifs is 1. The Hall–Kier alpha value is -1.39. The van der Waals surface area contributed by atoms with Gasteiger partial charge in [-0.2, -0.15) is 0 Å². The Labute approximate surface area is 169 Å². The second kappa shape index (κ2) is 7.79. The number of quaternary nitrogens is 1. The summed E-state index contributed by atoms with van der Waals surface area (Å²) in [5, 5.41) is 1.99. The Balaban J connectivity index is 1.83. The van der Waals surface area contributed by atoms with Crippen molar-refractivity contribution >= 4 is 20.2 Å². The normalized spacial score (nSPS) is 17.5. The Morgan fingerprint density at radius 3 is 2.32 bits per heavy atom. The first-order valence-electron chi connectivity index (χ1n) is 8.92. The van der Waals surface area contributed by atoms with Gasteiger partial charge in [0.1, 0.15) is 0 Å². The van der Waals surface area contributed by atoms with E-state index in [9.17, 15) is 17.6 Å². The molecule has 0 fully saturated rings. The Morgan fingerprint density at radius 2 is 1.68 bits per heavy atom. The predicted molar refractivity (Wildman–Crippen MR) is 108 cm³/mol. The summed E-state index contributed by atoms with van der Waals surface area (Å²) in [6, 6.07) is 12.3. The average molecular weight is 513 g/mol. The molecule has 0 saturated heterocycles. The molecule has 2 aromatic carbocycles. The summed E-state index contributed by atoms with van der Waals surface area (Å²) in [7, 11) is 1.93. The molecule has 154 valence electrons. The topological polar surface area (TPSA) is 38.6 Å². The third-order valence-corrected chi connectivity index (χ3v) is 10.1. The van der Waals surface area contributed by atoms with Gasteiger partial charge in [-0.15, -0.1) is 0 Å². The van der Waals surface area contributed by atoms with Crippen LogP contribution in [0.25, 0.3) is 0 Å². The maximum atomic E-state index is 15.0.